The number of rotatable bonds is 4. The van der Waals surface area contributed by atoms with E-state index in [0.29, 0.717) is 4.99 Å². The van der Waals surface area contributed by atoms with E-state index in [0.717, 1.165) is 21.8 Å². The van der Waals surface area contributed by atoms with Gasteiger partial charge in [-0.3, -0.25) is 0 Å². The van der Waals surface area contributed by atoms with E-state index in [-0.39, 0.29) is 6.04 Å². The van der Waals surface area contributed by atoms with Gasteiger partial charge in [-0.1, -0.05) is 12.2 Å². The average molecular weight is 277 g/mol. The predicted molar refractivity (Wildman–Crippen MR) is 81.2 cm³/mol. The highest BCUT2D eigenvalue weighted by Crippen LogP contribution is 2.22. The summed E-state index contributed by atoms with van der Waals surface area (Å²) in [5, 5.41) is 6.47. The summed E-state index contributed by atoms with van der Waals surface area (Å²) in [6, 6.07) is 6.19. The fraction of sp³-hybridized carbons (Fsp3) is 0.231. The Kier molecular flexibility index (Phi) is 3.93. The number of aryl methyl sites for hydroxylation is 1. The minimum absolute atomic E-state index is 0.195. The van der Waals surface area contributed by atoms with Crippen molar-refractivity contribution in [3.8, 4) is 0 Å². The van der Waals surface area contributed by atoms with E-state index in [4.69, 9.17) is 18.0 Å². The largest absolute Gasteiger partial charge is 0.389 e. The molecule has 0 spiro atoms. The van der Waals surface area contributed by atoms with Crippen LogP contribution in [0.2, 0.25) is 0 Å². The van der Waals surface area contributed by atoms with E-state index in [1.165, 1.54) is 0 Å². The first-order valence-electron chi connectivity index (χ1n) is 5.64. The van der Waals surface area contributed by atoms with E-state index >= 15 is 0 Å². The van der Waals surface area contributed by atoms with Gasteiger partial charge in [0.25, 0.3) is 0 Å². The molecule has 1 aromatic heterocycles. The molecule has 0 aliphatic heterocycles. The molecule has 0 radical (unpaired) electrons. The molecular formula is C13H15N3S2. The Morgan fingerprint density at radius 2 is 2.28 bits per heavy atom. The van der Waals surface area contributed by atoms with Gasteiger partial charge in [-0.05, 0) is 37.6 Å². The van der Waals surface area contributed by atoms with Crippen molar-refractivity contribution < 1.29 is 0 Å². The molecule has 0 aliphatic carbocycles. The zero-order valence-corrected chi connectivity index (χ0v) is 11.9. The molecule has 18 heavy (non-hydrogen) atoms. The SMILES string of the molecule is Cc1cc(NC(C)c2nccs2)ccc1C(N)=S. The number of hydrogen-bond donors (Lipinski definition) is 2. The van der Waals surface area contributed by atoms with Gasteiger partial charge in [0.05, 0.1) is 6.04 Å². The molecule has 0 saturated carbocycles. The third-order valence-electron chi connectivity index (χ3n) is 2.70. The highest BCUT2D eigenvalue weighted by Gasteiger charge is 2.09. The number of thiocarbonyl (C=S) groups is 1. The molecule has 2 aromatic rings. The lowest BCUT2D eigenvalue weighted by Crippen LogP contribution is -2.12. The number of benzene rings is 1. The number of nitrogens with zero attached hydrogens (tertiary/aromatic N) is 1. The van der Waals surface area contributed by atoms with Crippen LogP contribution in [0, 0.1) is 6.92 Å². The van der Waals surface area contributed by atoms with Crippen LogP contribution in [0.4, 0.5) is 5.69 Å². The quantitative estimate of drug-likeness (QED) is 0.842. The van der Waals surface area contributed by atoms with Gasteiger partial charge < -0.3 is 11.1 Å². The summed E-state index contributed by atoms with van der Waals surface area (Å²) in [5.41, 5.74) is 8.71. The zero-order chi connectivity index (χ0) is 13.1. The molecule has 0 aliphatic rings. The van der Waals surface area contributed by atoms with Gasteiger partial charge in [0, 0.05) is 22.8 Å². The molecule has 1 heterocycles. The first kappa shape index (κ1) is 13.0. The molecule has 3 N–H and O–H groups in total. The van der Waals surface area contributed by atoms with Gasteiger partial charge in [0.1, 0.15) is 10.00 Å². The monoisotopic (exact) mass is 277 g/mol. The predicted octanol–water partition coefficient (Wildman–Crippen LogP) is 3.26. The summed E-state index contributed by atoms with van der Waals surface area (Å²) in [5.74, 6) is 0. The Morgan fingerprint density at radius 1 is 1.50 bits per heavy atom. The van der Waals surface area contributed by atoms with Gasteiger partial charge >= 0.3 is 0 Å². The molecule has 0 bridgehead atoms. The third-order valence-corrected chi connectivity index (χ3v) is 3.88. The Labute approximate surface area is 116 Å². The van der Waals surface area contributed by atoms with Crippen LogP contribution in [0.25, 0.3) is 0 Å². The Hall–Kier alpha value is -1.46. The molecular weight excluding hydrogens is 262 g/mol. The second-order valence-electron chi connectivity index (χ2n) is 4.13. The standard InChI is InChI=1S/C13H15N3S2/c1-8-7-10(3-4-11(8)12(14)17)16-9(2)13-15-5-6-18-13/h3-7,9,16H,1-2H3,(H2,14,17). The van der Waals surface area contributed by atoms with Crippen molar-refractivity contribution >= 4 is 34.2 Å². The van der Waals surface area contributed by atoms with Crippen molar-refractivity contribution in [1.29, 1.82) is 0 Å². The molecule has 0 saturated heterocycles. The van der Waals surface area contributed by atoms with Crippen molar-refractivity contribution in [3.05, 3.63) is 45.9 Å². The molecule has 0 amide bonds. The van der Waals surface area contributed by atoms with E-state index in [9.17, 15) is 0 Å². The maximum absolute atomic E-state index is 5.65. The first-order valence-corrected chi connectivity index (χ1v) is 6.93. The van der Waals surface area contributed by atoms with Gasteiger partial charge in [0.15, 0.2) is 0 Å². The second kappa shape index (κ2) is 5.46. The average Bonchev–Trinajstić information content (AvgIpc) is 2.81. The van der Waals surface area contributed by atoms with Gasteiger partial charge in [-0.25, -0.2) is 4.98 Å². The fourth-order valence-corrected chi connectivity index (χ4v) is 2.66. The van der Waals surface area contributed by atoms with Crippen molar-refractivity contribution in [2.45, 2.75) is 19.9 Å². The van der Waals surface area contributed by atoms with Crippen LogP contribution in [-0.2, 0) is 0 Å². The molecule has 5 heteroatoms. The van der Waals surface area contributed by atoms with Gasteiger partial charge in [-0.15, -0.1) is 11.3 Å². The van der Waals surface area contributed by atoms with E-state index in [2.05, 4.69) is 23.3 Å². The summed E-state index contributed by atoms with van der Waals surface area (Å²) in [6.07, 6.45) is 1.82. The maximum Gasteiger partial charge on any atom is 0.115 e. The molecule has 3 nitrogen and oxygen atoms in total. The van der Waals surface area contributed by atoms with Crippen LogP contribution in [0.1, 0.15) is 29.1 Å². The topological polar surface area (TPSA) is 50.9 Å². The molecule has 1 aromatic carbocycles. The summed E-state index contributed by atoms with van der Waals surface area (Å²) in [7, 11) is 0. The van der Waals surface area contributed by atoms with E-state index in [1.807, 2.05) is 30.6 Å². The van der Waals surface area contributed by atoms with Crippen molar-refractivity contribution in [2.75, 3.05) is 5.32 Å². The second-order valence-corrected chi connectivity index (χ2v) is 5.50. The Balaban J connectivity index is 2.15. The van der Waals surface area contributed by atoms with Crippen LogP contribution in [-0.4, -0.2) is 9.97 Å². The number of anilines is 1. The van der Waals surface area contributed by atoms with Crippen LogP contribution in [0.3, 0.4) is 0 Å². The van der Waals surface area contributed by atoms with E-state index in [1.54, 1.807) is 11.3 Å². The smallest absolute Gasteiger partial charge is 0.115 e. The van der Waals surface area contributed by atoms with Crippen LogP contribution in [0.5, 0.6) is 0 Å². The third kappa shape index (κ3) is 2.86. The lowest BCUT2D eigenvalue weighted by Gasteiger charge is -2.14. The highest BCUT2D eigenvalue weighted by molar-refractivity contribution is 7.80. The van der Waals surface area contributed by atoms with Crippen LogP contribution < -0.4 is 11.1 Å². The highest BCUT2D eigenvalue weighted by atomic mass is 32.1. The minimum atomic E-state index is 0.195. The lowest BCUT2D eigenvalue weighted by molar-refractivity contribution is 0.869. The maximum atomic E-state index is 5.65. The van der Waals surface area contributed by atoms with Crippen LogP contribution >= 0.6 is 23.6 Å². The summed E-state index contributed by atoms with van der Waals surface area (Å²) in [4.78, 5) is 4.73. The number of hydrogen-bond acceptors (Lipinski definition) is 4. The summed E-state index contributed by atoms with van der Waals surface area (Å²) >= 11 is 6.64. The summed E-state index contributed by atoms with van der Waals surface area (Å²) < 4.78 is 0. The number of aromatic nitrogens is 1. The fourth-order valence-electron chi connectivity index (χ4n) is 1.79. The lowest BCUT2D eigenvalue weighted by atomic mass is 10.1. The molecule has 94 valence electrons. The van der Waals surface area contributed by atoms with Gasteiger partial charge in [-0.2, -0.15) is 0 Å². The molecule has 0 fully saturated rings. The molecule has 1 unspecified atom stereocenters. The van der Waals surface area contributed by atoms with Gasteiger partial charge in [0.2, 0.25) is 0 Å². The number of nitrogens with two attached hydrogens (primary N) is 1. The van der Waals surface area contributed by atoms with E-state index < -0.39 is 0 Å². The van der Waals surface area contributed by atoms with Crippen molar-refractivity contribution in [1.82, 2.24) is 4.98 Å². The van der Waals surface area contributed by atoms with Crippen molar-refractivity contribution in [2.24, 2.45) is 5.73 Å². The number of nitrogens with one attached hydrogen (secondary N) is 1. The Morgan fingerprint density at radius 3 is 2.83 bits per heavy atom. The first-order chi connectivity index (χ1) is 8.58. The normalized spacial score (nSPS) is 12.1. The molecule has 2 rings (SSSR count). The Bertz CT molecular complexity index is 549. The zero-order valence-electron chi connectivity index (χ0n) is 10.3. The number of thiazole rings is 1. The molecule has 1 atom stereocenters. The summed E-state index contributed by atoms with van der Waals surface area (Å²) in [6.45, 7) is 4.10. The van der Waals surface area contributed by atoms with Crippen LogP contribution in [0.15, 0.2) is 29.8 Å². The minimum Gasteiger partial charge on any atom is -0.389 e. The van der Waals surface area contributed by atoms with Crippen molar-refractivity contribution in [3.63, 3.8) is 0 Å².